The Morgan fingerprint density at radius 3 is 1.46 bits per heavy atom. The Balaban J connectivity index is 0. The van der Waals surface area contributed by atoms with Crippen LogP contribution in [0.25, 0.3) is 0 Å². The second-order valence-corrected chi connectivity index (χ2v) is 2.30. The largest absolute Gasteiger partial charge is 0.481 e. The molecule has 74 valence electrons. The summed E-state index contributed by atoms with van der Waals surface area (Å²) < 4.78 is 0. The van der Waals surface area contributed by atoms with Crippen LogP contribution in [0.1, 0.15) is 19.8 Å². The maximum absolute atomic E-state index is 9.60. The third kappa shape index (κ3) is 13.6. The quantitative estimate of drug-likeness (QED) is 0.740. The molecule has 0 saturated carbocycles. The Kier molecular flexibility index (Phi) is 11.6. The molecule has 0 aliphatic rings. The molecule has 0 aromatic heterocycles. The maximum atomic E-state index is 9.60. The van der Waals surface area contributed by atoms with Gasteiger partial charge in [-0.25, -0.2) is 0 Å². The van der Waals surface area contributed by atoms with Crippen molar-refractivity contribution in [3.05, 3.63) is 36.4 Å². The lowest BCUT2D eigenvalue weighted by molar-refractivity contribution is -0.137. The number of carboxylic acid groups (broad SMARTS) is 1. The van der Waals surface area contributed by atoms with Gasteiger partial charge in [-0.05, 0) is 6.42 Å². The normalized spacial score (nSPS) is 7.46. The molecular weight excluding hydrogens is 166 g/mol. The minimum atomic E-state index is -0.711. The van der Waals surface area contributed by atoms with Crippen molar-refractivity contribution < 1.29 is 9.90 Å². The lowest BCUT2D eigenvalue weighted by atomic mass is 10.4. The third-order valence-corrected chi connectivity index (χ3v) is 1.13. The minimum absolute atomic E-state index is 0. The average Bonchev–Trinajstić information content (AvgIpc) is 2.08. The van der Waals surface area contributed by atoms with Gasteiger partial charge in [-0.3, -0.25) is 4.79 Å². The van der Waals surface area contributed by atoms with Gasteiger partial charge in [0.15, 0.2) is 0 Å². The van der Waals surface area contributed by atoms with E-state index in [-0.39, 0.29) is 6.15 Å². The van der Waals surface area contributed by atoms with Crippen molar-refractivity contribution in [3.8, 4) is 0 Å². The highest BCUT2D eigenvalue weighted by atomic mass is 16.4. The van der Waals surface area contributed by atoms with E-state index in [0.717, 1.165) is 6.42 Å². The molecule has 0 saturated heterocycles. The van der Waals surface area contributed by atoms with Crippen LogP contribution in [0.3, 0.4) is 0 Å². The Hall–Kier alpha value is -1.35. The van der Waals surface area contributed by atoms with Crippen LogP contribution in [0, 0.1) is 0 Å². The molecule has 0 spiro atoms. The number of benzene rings is 1. The fourth-order valence-corrected chi connectivity index (χ4v) is 0.599. The zero-order valence-electron chi connectivity index (χ0n) is 7.94. The second-order valence-electron chi connectivity index (χ2n) is 2.30. The molecule has 0 aliphatic heterocycles. The van der Waals surface area contributed by atoms with Crippen molar-refractivity contribution in [3.63, 3.8) is 0 Å². The first kappa shape index (κ1) is 14.2. The molecule has 1 aromatic carbocycles. The molecule has 0 aliphatic carbocycles. The molecular formula is C10H17NO2. The van der Waals surface area contributed by atoms with Gasteiger partial charge >= 0.3 is 5.97 Å². The molecule has 0 unspecified atom stereocenters. The van der Waals surface area contributed by atoms with Gasteiger partial charge in [-0.2, -0.15) is 0 Å². The number of hydrogen-bond donors (Lipinski definition) is 2. The van der Waals surface area contributed by atoms with Crippen molar-refractivity contribution >= 4 is 5.97 Å². The van der Waals surface area contributed by atoms with E-state index in [2.05, 4.69) is 0 Å². The van der Waals surface area contributed by atoms with Crippen LogP contribution >= 0.6 is 0 Å². The first-order chi connectivity index (χ1) is 5.77. The fourth-order valence-electron chi connectivity index (χ4n) is 0.599. The van der Waals surface area contributed by atoms with Gasteiger partial charge in [-0.15, -0.1) is 0 Å². The maximum Gasteiger partial charge on any atom is 0.303 e. The standard InChI is InChI=1S/C6H6.C4H8O2.H3N/c1-2-4-6-5-3-1;1-2-3-4(5)6;/h1-6H;2-3H2,1H3,(H,5,6);1H3. The average molecular weight is 183 g/mol. The van der Waals surface area contributed by atoms with Gasteiger partial charge < -0.3 is 11.3 Å². The van der Waals surface area contributed by atoms with Crippen LogP contribution in [0.15, 0.2) is 36.4 Å². The van der Waals surface area contributed by atoms with E-state index in [1.807, 2.05) is 43.3 Å². The predicted octanol–water partition coefficient (Wildman–Crippen LogP) is 2.72. The van der Waals surface area contributed by atoms with E-state index in [9.17, 15) is 4.79 Å². The molecule has 0 radical (unpaired) electrons. The van der Waals surface area contributed by atoms with Crippen LogP contribution in [0.4, 0.5) is 0 Å². The molecule has 3 nitrogen and oxygen atoms in total. The zero-order valence-corrected chi connectivity index (χ0v) is 7.94. The molecule has 3 heteroatoms. The topological polar surface area (TPSA) is 72.3 Å². The first-order valence-electron chi connectivity index (χ1n) is 3.99. The van der Waals surface area contributed by atoms with Crippen molar-refractivity contribution in [2.24, 2.45) is 0 Å². The smallest absolute Gasteiger partial charge is 0.303 e. The third-order valence-electron chi connectivity index (χ3n) is 1.13. The Labute approximate surface area is 79.0 Å². The summed E-state index contributed by atoms with van der Waals surface area (Å²) in [6, 6.07) is 12.0. The summed E-state index contributed by atoms with van der Waals surface area (Å²) in [4.78, 5) is 9.60. The van der Waals surface area contributed by atoms with Gasteiger partial charge in [0.05, 0.1) is 0 Å². The summed E-state index contributed by atoms with van der Waals surface area (Å²) >= 11 is 0. The monoisotopic (exact) mass is 183 g/mol. The fraction of sp³-hybridized carbons (Fsp3) is 0.300. The highest BCUT2D eigenvalue weighted by Gasteiger charge is 1.87. The Morgan fingerprint density at radius 1 is 1.08 bits per heavy atom. The van der Waals surface area contributed by atoms with Crippen LogP contribution in [-0.2, 0) is 4.79 Å². The summed E-state index contributed by atoms with van der Waals surface area (Å²) in [5.74, 6) is -0.711. The van der Waals surface area contributed by atoms with E-state index in [1.54, 1.807) is 0 Å². The van der Waals surface area contributed by atoms with Gasteiger partial charge in [0.2, 0.25) is 0 Å². The molecule has 0 heterocycles. The first-order valence-corrected chi connectivity index (χ1v) is 3.99. The lowest BCUT2D eigenvalue weighted by Gasteiger charge is -1.79. The summed E-state index contributed by atoms with van der Waals surface area (Å²) in [6.45, 7) is 1.84. The number of hydrogen-bond acceptors (Lipinski definition) is 2. The molecule has 0 amide bonds. The van der Waals surface area contributed by atoms with Gasteiger partial charge in [0.25, 0.3) is 0 Å². The summed E-state index contributed by atoms with van der Waals surface area (Å²) in [5, 5.41) is 7.91. The zero-order chi connectivity index (χ0) is 9.23. The van der Waals surface area contributed by atoms with Gasteiger partial charge in [-0.1, -0.05) is 43.3 Å². The number of aliphatic carboxylic acids is 1. The number of carbonyl (C=O) groups is 1. The molecule has 0 fully saturated rings. The predicted molar refractivity (Wildman–Crippen MR) is 54.0 cm³/mol. The van der Waals surface area contributed by atoms with E-state index in [1.165, 1.54) is 0 Å². The van der Waals surface area contributed by atoms with E-state index in [4.69, 9.17) is 5.11 Å². The molecule has 4 N–H and O–H groups in total. The Bertz CT molecular complexity index is 173. The minimum Gasteiger partial charge on any atom is -0.481 e. The molecule has 1 rings (SSSR count). The van der Waals surface area contributed by atoms with E-state index < -0.39 is 5.97 Å². The van der Waals surface area contributed by atoms with Crippen molar-refractivity contribution in [1.82, 2.24) is 6.15 Å². The van der Waals surface area contributed by atoms with Gasteiger partial charge in [0, 0.05) is 6.42 Å². The van der Waals surface area contributed by atoms with Crippen LogP contribution in [0.2, 0.25) is 0 Å². The lowest BCUT2D eigenvalue weighted by Crippen LogP contribution is -1.90. The van der Waals surface area contributed by atoms with Crippen molar-refractivity contribution in [2.75, 3.05) is 0 Å². The second kappa shape index (κ2) is 10.7. The highest BCUT2D eigenvalue weighted by molar-refractivity contribution is 5.66. The Morgan fingerprint density at radius 2 is 1.38 bits per heavy atom. The van der Waals surface area contributed by atoms with Crippen LogP contribution in [0.5, 0.6) is 0 Å². The van der Waals surface area contributed by atoms with Crippen LogP contribution in [-0.4, -0.2) is 11.1 Å². The van der Waals surface area contributed by atoms with Crippen molar-refractivity contribution in [2.45, 2.75) is 19.8 Å². The summed E-state index contributed by atoms with van der Waals surface area (Å²) in [7, 11) is 0. The number of rotatable bonds is 2. The molecule has 1 aromatic rings. The molecule has 0 bridgehead atoms. The van der Waals surface area contributed by atoms with E-state index >= 15 is 0 Å². The molecule has 0 atom stereocenters. The summed E-state index contributed by atoms with van der Waals surface area (Å²) in [5.41, 5.74) is 0. The number of carboxylic acids is 1. The SMILES string of the molecule is CCCC(=O)O.N.c1ccccc1. The van der Waals surface area contributed by atoms with Crippen LogP contribution < -0.4 is 6.15 Å². The van der Waals surface area contributed by atoms with Crippen molar-refractivity contribution in [1.29, 1.82) is 0 Å². The highest BCUT2D eigenvalue weighted by Crippen LogP contribution is 1.82. The summed E-state index contributed by atoms with van der Waals surface area (Å²) in [6.07, 6.45) is 1.02. The van der Waals surface area contributed by atoms with Gasteiger partial charge in [0.1, 0.15) is 0 Å². The molecule has 13 heavy (non-hydrogen) atoms. The van der Waals surface area contributed by atoms with E-state index in [0.29, 0.717) is 6.42 Å².